The van der Waals surface area contributed by atoms with Crippen molar-refractivity contribution in [2.45, 2.75) is 232 Å². The van der Waals surface area contributed by atoms with E-state index in [1.54, 1.807) is 0 Å². The van der Waals surface area contributed by atoms with Gasteiger partial charge in [-0.1, -0.05) is 184 Å². The number of nitrogens with two attached hydrogens (primary N) is 1. The maximum atomic E-state index is 12.6. The van der Waals surface area contributed by atoms with Crippen LogP contribution in [0.25, 0.3) is 0 Å². The van der Waals surface area contributed by atoms with Crippen LogP contribution in [0.4, 0.5) is 0 Å². The van der Waals surface area contributed by atoms with Crippen LogP contribution in [0.1, 0.15) is 226 Å². The molecular formula is C50H92NO8P. The molecule has 0 aliphatic rings. The molecule has 0 amide bonds. The topological polar surface area (TPSA) is 134 Å². The lowest BCUT2D eigenvalue weighted by Crippen LogP contribution is -2.29. The largest absolute Gasteiger partial charge is 0.472 e. The summed E-state index contributed by atoms with van der Waals surface area (Å²) in [4.78, 5) is 35.0. The number of carbonyl (C=O) groups is 2. The van der Waals surface area contributed by atoms with Gasteiger partial charge in [-0.15, -0.1) is 0 Å². The Kier molecular flexibility index (Phi) is 44.9. The number of phosphoric ester groups is 1. The Balaban J connectivity index is 4.10. The molecule has 0 aliphatic carbocycles. The highest BCUT2D eigenvalue weighted by atomic mass is 31.2. The van der Waals surface area contributed by atoms with Gasteiger partial charge in [-0.2, -0.15) is 0 Å². The molecule has 0 aromatic heterocycles. The molecule has 0 saturated heterocycles. The fourth-order valence-corrected chi connectivity index (χ4v) is 7.52. The van der Waals surface area contributed by atoms with Crippen molar-refractivity contribution in [3.05, 3.63) is 48.6 Å². The summed E-state index contributed by atoms with van der Waals surface area (Å²) in [6.07, 6.45) is 54.2. The molecule has 0 aliphatic heterocycles. The number of allylic oxidation sites excluding steroid dienone is 8. The number of hydrogen-bond donors (Lipinski definition) is 2. The van der Waals surface area contributed by atoms with Crippen molar-refractivity contribution in [3.8, 4) is 0 Å². The van der Waals surface area contributed by atoms with Gasteiger partial charge in [0.25, 0.3) is 0 Å². The lowest BCUT2D eigenvalue weighted by atomic mass is 10.1. The normalized spacial score (nSPS) is 13.6. The van der Waals surface area contributed by atoms with E-state index < -0.39 is 26.5 Å². The lowest BCUT2D eigenvalue weighted by molar-refractivity contribution is -0.161. The summed E-state index contributed by atoms with van der Waals surface area (Å²) in [5.74, 6) is -0.838. The quantitative estimate of drug-likeness (QED) is 0.0265. The summed E-state index contributed by atoms with van der Waals surface area (Å²) in [5.41, 5.74) is 5.36. The zero-order valence-electron chi connectivity index (χ0n) is 38.7. The predicted octanol–water partition coefficient (Wildman–Crippen LogP) is 14.7. The maximum absolute atomic E-state index is 12.6. The Morgan fingerprint density at radius 2 is 0.867 bits per heavy atom. The van der Waals surface area contributed by atoms with E-state index in [4.69, 9.17) is 24.3 Å². The molecule has 0 rings (SSSR count). The van der Waals surface area contributed by atoms with E-state index in [0.29, 0.717) is 6.42 Å². The molecular weight excluding hydrogens is 774 g/mol. The van der Waals surface area contributed by atoms with Gasteiger partial charge >= 0.3 is 19.8 Å². The summed E-state index contributed by atoms with van der Waals surface area (Å²) < 4.78 is 32.9. The minimum Gasteiger partial charge on any atom is -0.462 e. The minimum absolute atomic E-state index is 0.0504. The predicted molar refractivity (Wildman–Crippen MR) is 252 cm³/mol. The van der Waals surface area contributed by atoms with E-state index in [-0.39, 0.29) is 38.6 Å². The van der Waals surface area contributed by atoms with E-state index in [0.717, 1.165) is 70.6 Å². The van der Waals surface area contributed by atoms with E-state index in [1.807, 2.05) is 0 Å². The Labute approximate surface area is 368 Å². The molecule has 0 aromatic rings. The van der Waals surface area contributed by atoms with Crippen LogP contribution in [-0.4, -0.2) is 49.3 Å². The van der Waals surface area contributed by atoms with E-state index in [9.17, 15) is 19.0 Å². The smallest absolute Gasteiger partial charge is 0.462 e. The van der Waals surface area contributed by atoms with Crippen molar-refractivity contribution in [1.82, 2.24) is 0 Å². The molecule has 0 bridgehead atoms. The standard InChI is InChI=1S/C50H92NO8P/c1-3-5-7-9-11-13-15-17-19-21-23-24-25-27-29-31-33-35-37-39-41-43-50(53)59-48(47-58-60(54,55)57-45-44-51)46-56-49(52)42-40-38-36-34-32-30-28-26-22-20-18-16-14-12-10-8-6-4-2/h14-17,20-23,48H,3-13,18-19,24-47,51H2,1-2H3,(H,54,55)/b16-14-,17-15-,22-20-,23-21-. The van der Waals surface area contributed by atoms with Crippen molar-refractivity contribution in [2.24, 2.45) is 5.73 Å². The summed E-state index contributed by atoms with van der Waals surface area (Å²) >= 11 is 0. The van der Waals surface area contributed by atoms with Crippen LogP contribution in [0.2, 0.25) is 0 Å². The fraction of sp³-hybridized carbons (Fsp3) is 0.800. The Bertz CT molecular complexity index is 1120. The van der Waals surface area contributed by atoms with Crippen molar-refractivity contribution < 1.29 is 37.6 Å². The van der Waals surface area contributed by atoms with Crippen molar-refractivity contribution in [1.29, 1.82) is 0 Å². The fourth-order valence-electron chi connectivity index (χ4n) is 6.75. The third-order valence-corrected chi connectivity index (χ3v) is 11.4. The number of unbranched alkanes of at least 4 members (excludes halogenated alkanes) is 25. The van der Waals surface area contributed by atoms with Crippen LogP contribution < -0.4 is 5.73 Å². The van der Waals surface area contributed by atoms with Gasteiger partial charge < -0.3 is 20.1 Å². The molecule has 10 heteroatoms. The van der Waals surface area contributed by atoms with E-state index >= 15 is 0 Å². The van der Waals surface area contributed by atoms with Crippen LogP contribution in [0, 0.1) is 0 Å². The Morgan fingerprint density at radius 3 is 1.28 bits per heavy atom. The first-order valence-electron chi connectivity index (χ1n) is 24.6. The zero-order chi connectivity index (χ0) is 43.9. The van der Waals surface area contributed by atoms with Crippen LogP contribution >= 0.6 is 7.82 Å². The van der Waals surface area contributed by atoms with Crippen LogP contribution in [-0.2, 0) is 32.7 Å². The van der Waals surface area contributed by atoms with Gasteiger partial charge in [0.2, 0.25) is 0 Å². The first-order chi connectivity index (χ1) is 29.3. The molecule has 9 nitrogen and oxygen atoms in total. The maximum Gasteiger partial charge on any atom is 0.472 e. The van der Waals surface area contributed by atoms with Gasteiger partial charge in [-0.3, -0.25) is 18.6 Å². The molecule has 0 saturated carbocycles. The highest BCUT2D eigenvalue weighted by Gasteiger charge is 2.26. The van der Waals surface area contributed by atoms with Gasteiger partial charge in [0.15, 0.2) is 6.10 Å². The number of carbonyl (C=O) groups excluding carboxylic acids is 2. The number of phosphoric acid groups is 1. The number of ether oxygens (including phenoxy) is 2. The van der Waals surface area contributed by atoms with Gasteiger partial charge in [0.05, 0.1) is 13.2 Å². The highest BCUT2D eigenvalue weighted by molar-refractivity contribution is 7.47. The van der Waals surface area contributed by atoms with E-state index in [2.05, 4.69) is 62.5 Å². The Hall–Kier alpha value is -2.03. The molecule has 0 fully saturated rings. The number of hydrogen-bond acceptors (Lipinski definition) is 8. The monoisotopic (exact) mass is 866 g/mol. The summed E-state index contributed by atoms with van der Waals surface area (Å²) in [6.45, 7) is 3.71. The van der Waals surface area contributed by atoms with Gasteiger partial charge in [-0.25, -0.2) is 4.57 Å². The summed E-state index contributed by atoms with van der Waals surface area (Å²) in [5, 5.41) is 0. The second-order valence-electron chi connectivity index (χ2n) is 16.3. The van der Waals surface area contributed by atoms with Gasteiger partial charge in [0, 0.05) is 19.4 Å². The second kappa shape index (κ2) is 46.5. The molecule has 60 heavy (non-hydrogen) atoms. The summed E-state index contributed by atoms with van der Waals surface area (Å²) in [7, 11) is -4.38. The highest BCUT2D eigenvalue weighted by Crippen LogP contribution is 2.43. The number of rotatable bonds is 46. The SMILES string of the molecule is CCCCCC/C=C\C/C=C\CCCCCCCCCC(=O)OCC(COP(=O)(O)OCCN)OC(=O)CCCCCCCCCCC/C=C\C/C=C\CCCCCCC. The third-order valence-electron chi connectivity index (χ3n) is 10.4. The molecule has 0 aromatic carbocycles. The molecule has 3 N–H and O–H groups in total. The molecule has 2 unspecified atom stereocenters. The van der Waals surface area contributed by atoms with Gasteiger partial charge in [-0.05, 0) is 77.0 Å². The first kappa shape index (κ1) is 58.0. The third kappa shape index (κ3) is 45.5. The summed E-state index contributed by atoms with van der Waals surface area (Å²) in [6, 6.07) is 0. The first-order valence-corrected chi connectivity index (χ1v) is 26.1. The van der Waals surface area contributed by atoms with Crippen LogP contribution in [0.3, 0.4) is 0 Å². The average molecular weight is 866 g/mol. The average Bonchev–Trinajstić information content (AvgIpc) is 3.24. The number of esters is 2. The molecule has 2 atom stereocenters. The van der Waals surface area contributed by atoms with Crippen molar-refractivity contribution in [3.63, 3.8) is 0 Å². The lowest BCUT2D eigenvalue weighted by Gasteiger charge is -2.19. The molecule has 0 spiro atoms. The van der Waals surface area contributed by atoms with Crippen LogP contribution in [0.15, 0.2) is 48.6 Å². The minimum atomic E-state index is -4.38. The van der Waals surface area contributed by atoms with Crippen LogP contribution in [0.5, 0.6) is 0 Å². The van der Waals surface area contributed by atoms with Crippen molar-refractivity contribution in [2.75, 3.05) is 26.4 Å². The Morgan fingerprint density at radius 1 is 0.500 bits per heavy atom. The second-order valence-corrected chi connectivity index (χ2v) is 17.8. The van der Waals surface area contributed by atoms with E-state index in [1.165, 1.54) is 122 Å². The van der Waals surface area contributed by atoms with Gasteiger partial charge in [0.1, 0.15) is 6.61 Å². The molecule has 350 valence electrons. The zero-order valence-corrected chi connectivity index (χ0v) is 39.6. The molecule has 0 radical (unpaired) electrons. The molecule has 0 heterocycles. The van der Waals surface area contributed by atoms with Crippen molar-refractivity contribution >= 4 is 19.8 Å².